The quantitative estimate of drug-likeness (QED) is 0.749. The topological polar surface area (TPSA) is 37.8 Å². The van der Waals surface area contributed by atoms with Crippen molar-refractivity contribution in [3.63, 3.8) is 0 Å². The zero-order chi connectivity index (χ0) is 8.27. The van der Waals surface area contributed by atoms with Crippen molar-refractivity contribution >= 4 is 11.5 Å². The van der Waals surface area contributed by atoms with Gasteiger partial charge in [-0.3, -0.25) is 0 Å². The van der Waals surface area contributed by atoms with Crippen LogP contribution in [0.15, 0.2) is 0 Å². The van der Waals surface area contributed by atoms with E-state index in [0.29, 0.717) is 6.04 Å². The molecule has 0 fully saturated rings. The summed E-state index contributed by atoms with van der Waals surface area (Å²) in [5, 5.41) is 7.19. The summed E-state index contributed by atoms with van der Waals surface area (Å²) in [7, 11) is 1.97. The van der Waals surface area contributed by atoms with E-state index in [4.69, 9.17) is 0 Å². The van der Waals surface area contributed by atoms with Gasteiger partial charge in [-0.15, -0.1) is 5.10 Å². The molecule has 0 amide bonds. The highest BCUT2D eigenvalue weighted by Gasteiger charge is 2.12. The lowest BCUT2D eigenvalue weighted by atomic mass is 10.2. The summed E-state index contributed by atoms with van der Waals surface area (Å²) in [6.07, 6.45) is 1.08. The number of nitrogens with one attached hydrogen (secondary N) is 1. The van der Waals surface area contributed by atoms with Gasteiger partial charge in [-0.2, -0.15) is 0 Å². The molecule has 0 spiro atoms. The Hall–Kier alpha value is -0.480. The lowest BCUT2D eigenvalue weighted by Gasteiger charge is -2.10. The molecule has 1 aromatic rings. The van der Waals surface area contributed by atoms with Gasteiger partial charge >= 0.3 is 0 Å². The van der Waals surface area contributed by atoms with Crippen LogP contribution in [0.2, 0.25) is 0 Å². The number of aryl methyl sites for hydroxylation is 1. The van der Waals surface area contributed by atoms with Gasteiger partial charge in [-0.25, -0.2) is 0 Å². The zero-order valence-corrected chi connectivity index (χ0v) is 7.90. The third-order valence-electron chi connectivity index (χ3n) is 1.76. The molecule has 0 bridgehead atoms. The van der Waals surface area contributed by atoms with E-state index in [2.05, 4.69) is 21.8 Å². The van der Waals surface area contributed by atoms with Crippen LogP contribution in [0.1, 0.15) is 30.0 Å². The van der Waals surface area contributed by atoms with E-state index in [1.807, 2.05) is 14.0 Å². The van der Waals surface area contributed by atoms with Crippen molar-refractivity contribution in [1.29, 1.82) is 0 Å². The average molecular weight is 171 g/mol. The molecule has 62 valence electrons. The first-order valence-corrected chi connectivity index (χ1v) is 4.53. The molecule has 1 unspecified atom stereocenters. The summed E-state index contributed by atoms with van der Waals surface area (Å²) in [6, 6.07) is 0.426. The summed E-state index contributed by atoms with van der Waals surface area (Å²) in [5.74, 6) is 0. The molecule has 1 N–H and O–H groups in total. The highest BCUT2D eigenvalue weighted by molar-refractivity contribution is 7.05. The van der Waals surface area contributed by atoms with Gasteiger partial charge in [-0.05, 0) is 31.9 Å². The van der Waals surface area contributed by atoms with Crippen molar-refractivity contribution in [2.75, 3.05) is 7.05 Å². The summed E-state index contributed by atoms with van der Waals surface area (Å²) in [4.78, 5) is 1.26. The van der Waals surface area contributed by atoms with Crippen molar-refractivity contribution in [1.82, 2.24) is 14.9 Å². The summed E-state index contributed by atoms with van der Waals surface area (Å²) >= 11 is 1.48. The molecule has 0 aliphatic heterocycles. The molecule has 1 rings (SSSR count). The molecule has 0 aliphatic rings. The van der Waals surface area contributed by atoms with E-state index in [-0.39, 0.29) is 0 Å². The zero-order valence-electron chi connectivity index (χ0n) is 7.09. The van der Waals surface area contributed by atoms with E-state index in [1.165, 1.54) is 16.4 Å². The maximum atomic E-state index is 3.96. The second kappa shape index (κ2) is 3.78. The molecule has 3 nitrogen and oxygen atoms in total. The monoisotopic (exact) mass is 171 g/mol. The van der Waals surface area contributed by atoms with Gasteiger partial charge in [0.2, 0.25) is 0 Å². The third kappa shape index (κ3) is 1.75. The average Bonchev–Trinajstić information content (AvgIpc) is 2.40. The van der Waals surface area contributed by atoms with E-state index in [1.54, 1.807) is 0 Å². The van der Waals surface area contributed by atoms with Crippen LogP contribution in [-0.4, -0.2) is 16.6 Å². The van der Waals surface area contributed by atoms with Crippen molar-refractivity contribution in [3.8, 4) is 0 Å². The van der Waals surface area contributed by atoms with Crippen LogP contribution < -0.4 is 5.32 Å². The first-order chi connectivity index (χ1) is 5.29. The van der Waals surface area contributed by atoms with Crippen molar-refractivity contribution < 1.29 is 0 Å². The van der Waals surface area contributed by atoms with Crippen molar-refractivity contribution in [2.24, 2.45) is 0 Å². The maximum Gasteiger partial charge on any atom is 0.0772 e. The Balaban J connectivity index is 2.81. The molecular weight excluding hydrogens is 158 g/mol. The number of nitrogens with zero attached hydrogens (tertiary/aromatic N) is 2. The van der Waals surface area contributed by atoms with Crippen LogP contribution in [0.5, 0.6) is 0 Å². The first kappa shape index (κ1) is 8.62. The fourth-order valence-corrected chi connectivity index (χ4v) is 1.91. The van der Waals surface area contributed by atoms with Crippen LogP contribution >= 0.6 is 11.5 Å². The van der Waals surface area contributed by atoms with Gasteiger partial charge in [0.25, 0.3) is 0 Å². The molecule has 0 saturated heterocycles. The second-order valence-corrected chi connectivity index (χ2v) is 3.26. The molecule has 0 aromatic carbocycles. The number of rotatable bonds is 3. The van der Waals surface area contributed by atoms with E-state index < -0.39 is 0 Å². The minimum Gasteiger partial charge on any atom is -0.312 e. The lowest BCUT2D eigenvalue weighted by molar-refractivity contribution is 0.582. The number of aromatic nitrogens is 2. The minimum atomic E-state index is 0.426. The summed E-state index contributed by atoms with van der Waals surface area (Å²) < 4.78 is 3.89. The van der Waals surface area contributed by atoms with Gasteiger partial charge in [0.15, 0.2) is 0 Å². The molecule has 0 radical (unpaired) electrons. The maximum absolute atomic E-state index is 3.96. The molecule has 0 saturated carbocycles. The normalized spacial score (nSPS) is 13.4. The van der Waals surface area contributed by atoms with Crippen LogP contribution in [0.3, 0.4) is 0 Å². The van der Waals surface area contributed by atoms with Crippen LogP contribution in [0, 0.1) is 6.92 Å². The molecule has 4 heteroatoms. The van der Waals surface area contributed by atoms with Crippen LogP contribution in [0.4, 0.5) is 0 Å². The van der Waals surface area contributed by atoms with Gasteiger partial charge < -0.3 is 5.32 Å². The van der Waals surface area contributed by atoms with Crippen LogP contribution in [-0.2, 0) is 0 Å². The highest BCUT2D eigenvalue weighted by Crippen LogP contribution is 2.21. The Morgan fingerprint density at radius 3 is 2.73 bits per heavy atom. The largest absolute Gasteiger partial charge is 0.312 e. The molecule has 0 aliphatic carbocycles. The highest BCUT2D eigenvalue weighted by atomic mass is 32.1. The molecule has 1 atom stereocenters. The summed E-state index contributed by atoms with van der Waals surface area (Å²) in [6.45, 7) is 4.15. The minimum absolute atomic E-state index is 0.426. The van der Waals surface area contributed by atoms with E-state index in [0.717, 1.165) is 12.1 Å². The molecule has 1 aromatic heterocycles. The SMILES string of the molecule is CCC(NC)c1snnc1C. The molecule has 11 heavy (non-hydrogen) atoms. The van der Waals surface area contributed by atoms with Gasteiger partial charge in [0.1, 0.15) is 0 Å². The van der Waals surface area contributed by atoms with Crippen molar-refractivity contribution in [2.45, 2.75) is 26.3 Å². The Morgan fingerprint density at radius 2 is 2.36 bits per heavy atom. The Bertz CT molecular complexity index is 217. The standard InChI is InChI=1S/C7H13N3S/c1-4-6(8-3)7-5(2)9-10-11-7/h6,8H,4H2,1-3H3. The van der Waals surface area contributed by atoms with Gasteiger partial charge in [0, 0.05) is 6.04 Å². The number of hydrogen-bond donors (Lipinski definition) is 1. The summed E-state index contributed by atoms with van der Waals surface area (Å²) in [5.41, 5.74) is 1.05. The van der Waals surface area contributed by atoms with Gasteiger partial charge in [0.05, 0.1) is 10.6 Å². The predicted molar refractivity (Wildman–Crippen MR) is 46.7 cm³/mol. The predicted octanol–water partition coefficient (Wildman–Crippen LogP) is 1.52. The smallest absolute Gasteiger partial charge is 0.0772 e. The Morgan fingerprint density at radius 1 is 1.64 bits per heavy atom. The number of hydrogen-bond acceptors (Lipinski definition) is 4. The second-order valence-electron chi connectivity index (χ2n) is 2.47. The fourth-order valence-electron chi connectivity index (χ4n) is 1.08. The lowest BCUT2D eigenvalue weighted by Crippen LogP contribution is -2.14. The first-order valence-electron chi connectivity index (χ1n) is 3.75. The molecular formula is C7H13N3S. The third-order valence-corrected chi connectivity index (χ3v) is 2.70. The van der Waals surface area contributed by atoms with E-state index >= 15 is 0 Å². The van der Waals surface area contributed by atoms with E-state index in [9.17, 15) is 0 Å². The fraction of sp³-hybridized carbons (Fsp3) is 0.714. The molecule has 1 heterocycles. The van der Waals surface area contributed by atoms with Gasteiger partial charge in [-0.1, -0.05) is 11.4 Å². The Kier molecular flexibility index (Phi) is 2.96. The van der Waals surface area contributed by atoms with Crippen molar-refractivity contribution in [3.05, 3.63) is 10.6 Å². The van der Waals surface area contributed by atoms with Crippen LogP contribution in [0.25, 0.3) is 0 Å². The Labute approximate surface area is 71.0 Å².